The van der Waals surface area contributed by atoms with Crippen molar-refractivity contribution in [2.45, 2.75) is 39.0 Å². The van der Waals surface area contributed by atoms with Crippen LogP contribution in [0, 0.1) is 0 Å². The Bertz CT molecular complexity index is 828. The van der Waals surface area contributed by atoms with Crippen LogP contribution in [0.4, 0.5) is 0 Å². The molecular formula is C23H28N2O4. The van der Waals surface area contributed by atoms with Gasteiger partial charge in [0.1, 0.15) is 18.0 Å². The number of nitrogens with one attached hydrogen (secondary N) is 1. The highest BCUT2D eigenvalue weighted by Crippen LogP contribution is 2.27. The van der Waals surface area contributed by atoms with E-state index in [1.165, 1.54) is 0 Å². The fourth-order valence-corrected chi connectivity index (χ4v) is 3.18. The third-order valence-electron chi connectivity index (χ3n) is 4.51. The molecule has 2 aromatic rings. The molecule has 3 rings (SSSR count). The number of ether oxygens (including phenoxy) is 2. The van der Waals surface area contributed by atoms with Crippen molar-refractivity contribution in [1.82, 2.24) is 10.2 Å². The molecule has 0 spiro atoms. The zero-order valence-corrected chi connectivity index (χ0v) is 17.2. The highest BCUT2D eigenvalue weighted by atomic mass is 16.6. The molecule has 29 heavy (non-hydrogen) atoms. The third kappa shape index (κ3) is 5.81. The Hall–Kier alpha value is -2.86. The lowest BCUT2D eigenvalue weighted by Crippen LogP contribution is -2.52. The molecule has 1 unspecified atom stereocenters. The molecule has 2 aromatic carbocycles. The molecule has 154 valence electrons. The van der Waals surface area contributed by atoms with E-state index in [-0.39, 0.29) is 12.5 Å². The monoisotopic (exact) mass is 396 g/mol. The Balaban J connectivity index is 1.77. The van der Waals surface area contributed by atoms with Crippen molar-refractivity contribution in [3.63, 3.8) is 0 Å². The number of piperazine rings is 1. The number of nitrogens with zero attached hydrogens (tertiary/aromatic N) is 1. The summed E-state index contributed by atoms with van der Waals surface area (Å²) in [6.07, 6.45) is 0. The van der Waals surface area contributed by atoms with Crippen molar-refractivity contribution >= 4 is 11.9 Å². The second-order valence-electron chi connectivity index (χ2n) is 8.04. The Morgan fingerprint density at radius 3 is 2.41 bits per heavy atom. The molecule has 1 fully saturated rings. The standard InChI is InChI=1S/C23H28N2O4/c1-23(2,3)29-22(27)21(25-14-13-24-15-20(25)26)18-9-11-19(12-10-18)28-16-17-7-5-4-6-8-17/h4-12,21,24H,13-16H2,1-3H3. The van der Waals surface area contributed by atoms with Gasteiger partial charge in [0, 0.05) is 13.1 Å². The molecule has 6 nitrogen and oxygen atoms in total. The minimum Gasteiger partial charge on any atom is -0.489 e. The predicted octanol–water partition coefficient (Wildman–Crippen LogP) is 3.08. The van der Waals surface area contributed by atoms with Gasteiger partial charge in [0.05, 0.1) is 6.54 Å². The first kappa shape index (κ1) is 20.9. The highest BCUT2D eigenvalue weighted by Gasteiger charge is 2.35. The molecular weight excluding hydrogens is 368 g/mol. The van der Waals surface area contributed by atoms with E-state index in [0.29, 0.717) is 31.0 Å². The van der Waals surface area contributed by atoms with Gasteiger partial charge < -0.3 is 19.7 Å². The second-order valence-corrected chi connectivity index (χ2v) is 8.04. The summed E-state index contributed by atoms with van der Waals surface area (Å²) in [6, 6.07) is 16.4. The number of hydrogen-bond acceptors (Lipinski definition) is 5. The molecule has 0 aromatic heterocycles. The Morgan fingerprint density at radius 1 is 1.10 bits per heavy atom. The Kier molecular flexibility index (Phi) is 6.54. The van der Waals surface area contributed by atoms with E-state index in [4.69, 9.17) is 9.47 Å². The molecule has 1 saturated heterocycles. The molecule has 1 heterocycles. The van der Waals surface area contributed by atoms with Crippen LogP contribution in [-0.4, -0.2) is 42.0 Å². The maximum atomic E-state index is 12.9. The fraction of sp³-hybridized carbons (Fsp3) is 0.391. The van der Waals surface area contributed by atoms with Gasteiger partial charge >= 0.3 is 5.97 Å². The fourth-order valence-electron chi connectivity index (χ4n) is 3.18. The average Bonchev–Trinajstić information content (AvgIpc) is 2.68. The summed E-state index contributed by atoms with van der Waals surface area (Å²) < 4.78 is 11.4. The van der Waals surface area contributed by atoms with Gasteiger partial charge in [-0.25, -0.2) is 4.79 Å². The van der Waals surface area contributed by atoms with Gasteiger partial charge in [-0.2, -0.15) is 0 Å². The van der Waals surface area contributed by atoms with E-state index in [0.717, 1.165) is 5.56 Å². The number of hydrogen-bond donors (Lipinski definition) is 1. The zero-order valence-electron chi connectivity index (χ0n) is 17.2. The molecule has 0 aliphatic carbocycles. The summed E-state index contributed by atoms with van der Waals surface area (Å²) in [5, 5.41) is 3.04. The number of carbonyl (C=O) groups excluding carboxylic acids is 2. The van der Waals surface area contributed by atoms with Crippen LogP contribution >= 0.6 is 0 Å². The molecule has 1 amide bonds. The third-order valence-corrected chi connectivity index (χ3v) is 4.51. The van der Waals surface area contributed by atoms with Crippen LogP contribution in [0.2, 0.25) is 0 Å². The maximum Gasteiger partial charge on any atom is 0.334 e. The quantitative estimate of drug-likeness (QED) is 0.760. The van der Waals surface area contributed by atoms with Crippen molar-refractivity contribution < 1.29 is 19.1 Å². The minimum absolute atomic E-state index is 0.114. The number of benzene rings is 2. The van der Waals surface area contributed by atoms with Gasteiger partial charge in [-0.05, 0) is 44.0 Å². The summed E-state index contributed by atoms with van der Waals surface area (Å²) in [7, 11) is 0. The Labute approximate surface area is 171 Å². The van der Waals surface area contributed by atoms with Crippen LogP contribution in [0.1, 0.15) is 37.9 Å². The van der Waals surface area contributed by atoms with Crippen molar-refractivity contribution in [3.05, 3.63) is 65.7 Å². The van der Waals surface area contributed by atoms with Crippen molar-refractivity contribution in [2.24, 2.45) is 0 Å². The molecule has 1 atom stereocenters. The summed E-state index contributed by atoms with van der Waals surface area (Å²) in [5.74, 6) is 0.161. The lowest BCUT2D eigenvalue weighted by Gasteiger charge is -2.35. The first-order chi connectivity index (χ1) is 13.8. The number of rotatable bonds is 6. The lowest BCUT2D eigenvalue weighted by molar-refractivity contribution is -0.165. The van der Waals surface area contributed by atoms with Crippen LogP contribution in [0.25, 0.3) is 0 Å². The molecule has 0 radical (unpaired) electrons. The van der Waals surface area contributed by atoms with Gasteiger partial charge in [0.15, 0.2) is 6.04 Å². The zero-order chi connectivity index (χ0) is 20.9. The normalized spacial score (nSPS) is 15.7. The van der Waals surface area contributed by atoms with Crippen LogP contribution in [-0.2, 0) is 20.9 Å². The number of amides is 1. The maximum absolute atomic E-state index is 12.9. The van der Waals surface area contributed by atoms with E-state index in [2.05, 4.69) is 5.32 Å². The SMILES string of the molecule is CC(C)(C)OC(=O)C(c1ccc(OCc2ccccc2)cc1)N1CCNCC1=O. The van der Waals surface area contributed by atoms with Crippen LogP contribution < -0.4 is 10.1 Å². The van der Waals surface area contributed by atoms with E-state index in [1.807, 2.05) is 75.4 Å². The van der Waals surface area contributed by atoms with Crippen molar-refractivity contribution in [1.29, 1.82) is 0 Å². The van der Waals surface area contributed by atoms with E-state index in [1.54, 1.807) is 4.90 Å². The van der Waals surface area contributed by atoms with Crippen LogP contribution in [0.3, 0.4) is 0 Å². The first-order valence-electron chi connectivity index (χ1n) is 9.83. The van der Waals surface area contributed by atoms with Gasteiger partial charge in [-0.1, -0.05) is 42.5 Å². The summed E-state index contributed by atoms with van der Waals surface area (Å²) in [5.41, 5.74) is 1.15. The van der Waals surface area contributed by atoms with E-state index >= 15 is 0 Å². The van der Waals surface area contributed by atoms with E-state index < -0.39 is 17.6 Å². The number of carbonyl (C=O) groups is 2. The molecule has 0 bridgehead atoms. The lowest BCUT2D eigenvalue weighted by atomic mass is 10.0. The smallest absolute Gasteiger partial charge is 0.334 e. The second kappa shape index (κ2) is 9.09. The van der Waals surface area contributed by atoms with Crippen LogP contribution in [0.15, 0.2) is 54.6 Å². The molecule has 1 aliphatic heterocycles. The van der Waals surface area contributed by atoms with Gasteiger partial charge in [0.25, 0.3) is 0 Å². The number of esters is 1. The largest absolute Gasteiger partial charge is 0.489 e. The van der Waals surface area contributed by atoms with Gasteiger partial charge in [-0.3, -0.25) is 4.79 Å². The Morgan fingerprint density at radius 2 is 1.79 bits per heavy atom. The first-order valence-corrected chi connectivity index (χ1v) is 9.83. The highest BCUT2D eigenvalue weighted by molar-refractivity contribution is 5.87. The van der Waals surface area contributed by atoms with Crippen molar-refractivity contribution in [3.8, 4) is 5.75 Å². The summed E-state index contributed by atoms with van der Waals surface area (Å²) in [4.78, 5) is 27.0. The summed E-state index contributed by atoms with van der Waals surface area (Å²) in [6.45, 7) is 7.24. The predicted molar refractivity (Wildman–Crippen MR) is 110 cm³/mol. The van der Waals surface area contributed by atoms with Gasteiger partial charge in [0.2, 0.25) is 5.91 Å². The summed E-state index contributed by atoms with van der Waals surface area (Å²) >= 11 is 0. The molecule has 1 aliphatic rings. The van der Waals surface area contributed by atoms with Crippen molar-refractivity contribution in [2.75, 3.05) is 19.6 Å². The average molecular weight is 396 g/mol. The molecule has 0 saturated carbocycles. The van der Waals surface area contributed by atoms with E-state index in [9.17, 15) is 9.59 Å². The minimum atomic E-state index is -0.771. The topological polar surface area (TPSA) is 67.9 Å². The molecule has 1 N–H and O–H groups in total. The van der Waals surface area contributed by atoms with Gasteiger partial charge in [-0.15, -0.1) is 0 Å². The molecule has 6 heteroatoms. The van der Waals surface area contributed by atoms with Crippen LogP contribution in [0.5, 0.6) is 5.75 Å².